The van der Waals surface area contributed by atoms with E-state index in [1.54, 1.807) is 26.3 Å². The quantitative estimate of drug-likeness (QED) is 0.213. The minimum absolute atomic E-state index is 0.189. The van der Waals surface area contributed by atoms with E-state index in [4.69, 9.17) is 3.76 Å². The number of hydrogen-bond acceptors (Lipinski definition) is 1. The van der Waals surface area contributed by atoms with E-state index < -0.39 is 22.9 Å². The molecule has 0 N–H and O–H groups in total. The van der Waals surface area contributed by atoms with Crippen molar-refractivity contribution >= 4 is 22.9 Å². The fourth-order valence-electron chi connectivity index (χ4n) is 5.32. The Hall–Kier alpha value is 1.05. The Morgan fingerprint density at radius 3 is 1.62 bits per heavy atom. The molecule has 0 amide bonds. The molecule has 0 saturated carbocycles. The normalized spacial score (nSPS) is 21.8. The van der Waals surface area contributed by atoms with Gasteiger partial charge in [-0.25, -0.2) is 0 Å². The fourth-order valence-corrected chi connectivity index (χ4v) is 68.1. The van der Waals surface area contributed by atoms with Gasteiger partial charge in [0.25, 0.3) is 0 Å². The second-order valence-corrected chi connectivity index (χ2v) is 45.8. The molecule has 1 nitrogen and oxygen atoms in total. The second-order valence-electron chi connectivity index (χ2n) is 9.05. The van der Waals surface area contributed by atoms with Gasteiger partial charge in [0.05, 0.1) is 0 Å². The first kappa shape index (κ1) is 23.1. The van der Waals surface area contributed by atoms with Gasteiger partial charge in [-0.15, -0.1) is 0 Å². The summed E-state index contributed by atoms with van der Waals surface area (Å²) in [6.07, 6.45) is 12.7. The molecular formula is C21H46Ge2O. The van der Waals surface area contributed by atoms with E-state index in [1.165, 1.54) is 57.8 Å². The van der Waals surface area contributed by atoms with Crippen LogP contribution in [0.1, 0.15) is 99.3 Å². The molecule has 1 aliphatic rings. The average Bonchev–Trinajstić information content (AvgIpc) is 2.52. The fraction of sp³-hybridized carbons (Fsp3) is 1.00. The molecule has 1 rings (SSSR count). The van der Waals surface area contributed by atoms with Crippen molar-refractivity contribution < 1.29 is 3.76 Å². The summed E-state index contributed by atoms with van der Waals surface area (Å²) in [6.45, 7) is 14.4. The molecule has 0 unspecified atom stereocenters. The summed E-state index contributed by atoms with van der Waals surface area (Å²) in [5.41, 5.74) is 0.189. The van der Waals surface area contributed by atoms with Crippen LogP contribution < -0.4 is 0 Å². The molecular weight excluding hydrogens is 413 g/mol. The van der Waals surface area contributed by atoms with Gasteiger partial charge in [0.1, 0.15) is 0 Å². The van der Waals surface area contributed by atoms with Crippen molar-refractivity contribution in [3.8, 4) is 0 Å². The van der Waals surface area contributed by atoms with Crippen LogP contribution >= 0.6 is 0 Å². The third-order valence-electron chi connectivity index (χ3n) is 6.47. The molecule has 0 spiro atoms. The van der Waals surface area contributed by atoms with E-state index >= 15 is 0 Å². The molecule has 1 saturated heterocycles. The van der Waals surface area contributed by atoms with Gasteiger partial charge in [-0.3, -0.25) is 0 Å². The summed E-state index contributed by atoms with van der Waals surface area (Å²) in [4.78, 5) is 0. The second kappa shape index (κ2) is 11.0. The first-order chi connectivity index (χ1) is 11.4. The Kier molecular flexibility index (Phi) is 10.6. The molecule has 1 fully saturated rings. The van der Waals surface area contributed by atoms with Gasteiger partial charge in [0, 0.05) is 0 Å². The zero-order chi connectivity index (χ0) is 18.1. The molecule has 1 heterocycles. The Labute approximate surface area is 157 Å². The Morgan fingerprint density at radius 2 is 1.21 bits per heavy atom. The van der Waals surface area contributed by atoms with Crippen LogP contribution in [0.4, 0.5) is 0 Å². The minimum atomic E-state index is -2.17. The van der Waals surface area contributed by atoms with E-state index in [9.17, 15) is 0 Å². The molecule has 0 aliphatic carbocycles. The molecule has 24 heavy (non-hydrogen) atoms. The molecule has 1 aliphatic heterocycles. The zero-order valence-electron chi connectivity index (χ0n) is 17.8. The first-order valence-corrected chi connectivity index (χ1v) is 25.9. The summed E-state index contributed by atoms with van der Waals surface area (Å²) >= 11 is -3.99. The predicted octanol–water partition coefficient (Wildman–Crippen LogP) is 7.86. The Balaban J connectivity index is 3.15. The Morgan fingerprint density at radius 1 is 0.708 bits per heavy atom. The van der Waals surface area contributed by atoms with Crippen LogP contribution in [0.15, 0.2) is 0 Å². The number of rotatable bonds is 12. The van der Waals surface area contributed by atoms with E-state index in [2.05, 4.69) is 41.5 Å². The van der Waals surface area contributed by atoms with Gasteiger partial charge >= 0.3 is 158 Å². The van der Waals surface area contributed by atoms with Gasteiger partial charge in [0.15, 0.2) is 0 Å². The van der Waals surface area contributed by atoms with E-state index in [0.717, 1.165) is 0 Å². The third-order valence-corrected chi connectivity index (χ3v) is 61.8. The summed E-state index contributed by atoms with van der Waals surface area (Å²) in [7, 11) is 0. The number of hydrogen-bond donors (Lipinski definition) is 0. The maximum atomic E-state index is 7.35. The maximum absolute atomic E-state index is 7.35. The molecule has 0 radical (unpaired) electrons. The van der Waals surface area contributed by atoms with Gasteiger partial charge < -0.3 is 0 Å². The van der Waals surface area contributed by atoms with Crippen LogP contribution in [-0.2, 0) is 3.76 Å². The molecule has 0 aromatic carbocycles. The van der Waals surface area contributed by atoms with Crippen molar-refractivity contribution in [2.45, 2.75) is 131 Å². The summed E-state index contributed by atoms with van der Waals surface area (Å²) in [5.74, 6) is 0. The van der Waals surface area contributed by atoms with E-state index in [1.807, 2.05) is 0 Å². The van der Waals surface area contributed by atoms with Crippen molar-refractivity contribution in [3.05, 3.63) is 0 Å². The van der Waals surface area contributed by atoms with Gasteiger partial charge in [-0.2, -0.15) is 0 Å². The first-order valence-electron chi connectivity index (χ1n) is 11.1. The van der Waals surface area contributed by atoms with Crippen LogP contribution in [0.2, 0.25) is 26.3 Å². The molecule has 3 heteroatoms. The van der Waals surface area contributed by atoms with Crippen LogP contribution in [0, 0.1) is 0 Å². The zero-order valence-corrected chi connectivity index (χ0v) is 22.0. The Bertz CT molecular complexity index is 325. The van der Waals surface area contributed by atoms with Crippen LogP contribution in [-0.4, -0.2) is 28.5 Å². The topological polar surface area (TPSA) is 9.23 Å². The van der Waals surface area contributed by atoms with Gasteiger partial charge in [-0.05, 0) is 0 Å². The molecule has 144 valence electrons. The SMILES string of the molecule is CCCC[CH2][Ge]1([CH2]CCCC)[O]C(C)(C)C[CH2][Ge]1([CH2]CC)[CH2]CC. The van der Waals surface area contributed by atoms with Crippen LogP contribution in [0.25, 0.3) is 0 Å². The summed E-state index contributed by atoms with van der Waals surface area (Å²) in [6, 6.07) is 0. The van der Waals surface area contributed by atoms with Gasteiger partial charge in [0.2, 0.25) is 0 Å². The van der Waals surface area contributed by atoms with Crippen molar-refractivity contribution in [3.63, 3.8) is 0 Å². The molecule has 0 atom stereocenters. The standard InChI is InChI=1S/C21H46Ge2O/c1-7-11-13-18-23(19-14-12-8-2)22(16-9-3,17-10-4)20-15-21(5,6)24-23/h7-20H2,1-6H3. The van der Waals surface area contributed by atoms with Crippen LogP contribution in [0.5, 0.6) is 0 Å². The molecule has 0 aromatic rings. The molecule has 0 bridgehead atoms. The predicted molar refractivity (Wildman–Crippen MR) is 115 cm³/mol. The van der Waals surface area contributed by atoms with Crippen molar-refractivity contribution in [1.29, 1.82) is 0 Å². The van der Waals surface area contributed by atoms with Crippen molar-refractivity contribution in [2.75, 3.05) is 0 Å². The van der Waals surface area contributed by atoms with Crippen molar-refractivity contribution in [1.82, 2.24) is 0 Å². The van der Waals surface area contributed by atoms with Crippen LogP contribution in [0.3, 0.4) is 0 Å². The van der Waals surface area contributed by atoms with Crippen molar-refractivity contribution in [2.24, 2.45) is 0 Å². The molecule has 0 aromatic heterocycles. The average molecular weight is 460 g/mol. The van der Waals surface area contributed by atoms with Gasteiger partial charge in [-0.1, -0.05) is 0 Å². The van der Waals surface area contributed by atoms with E-state index in [0.29, 0.717) is 0 Å². The summed E-state index contributed by atoms with van der Waals surface area (Å²) in [5, 5.41) is 8.01. The number of unbranched alkanes of at least 4 members (excludes halogenated alkanes) is 4. The monoisotopic (exact) mass is 462 g/mol. The third kappa shape index (κ3) is 6.04. The summed E-state index contributed by atoms with van der Waals surface area (Å²) < 4.78 is 7.35. The van der Waals surface area contributed by atoms with E-state index in [-0.39, 0.29) is 5.60 Å².